The van der Waals surface area contributed by atoms with Crippen molar-refractivity contribution in [1.29, 1.82) is 0 Å². The number of rotatable bonds is 3. The molecule has 2 unspecified atom stereocenters. The summed E-state index contributed by atoms with van der Waals surface area (Å²) in [6, 6.07) is 3.02. The fourth-order valence-electron chi connectivity index (χ4n) is 1.98. The third-order valence-corrected chi connectivity index (χ3v) is 5.17. The minimum atomic E-state index is -4.80. The zero-order chi connectivity index (χ0) is 15.8. The highest BCUT2D eigenvalue weighted by Crippen LogP contribution is 2.33. The van der Waals surface area contributed by atoms with Crippen molar-refractivity contribution < 1.29 is 31.4 Å². The molecule has 1 saturated heterocycles. The minimum Gasteiger partial charge on any atom is -0.405 e. The van der Waals surface area contributed by atoms with Crippen LogP contribution < -0.4 is 10.1 Å². The minimum absolute atomic E-state index is 0.0557. The second-order valence-electron chi connectivity index (χ2n) is 4.59. The van der Waals surface area contributed by atoms with Crippen molar-refractivity contribution in [1.82, 2.24) is 0 Å². The molecule has 1 heterocycles. The Kier molecular flexibility index (Phi) is 4.41. The first kappa shape index (κ1) is 16.4. The maximum atomic E-state index is 12.1. The van der Waals surface area contributed by atoms with E-state index in [0.717, 1.165) is 6.07 Å². The van der Waals surface area contributed by atoms with E-state index in [0.29, 0.717) is 5.69 Å². The van der Waals surface area contributed by atoms with Gasteiger partial charge in [-0.1, -0.05) is 0 Å². The molecule has 2 N–H and O–H groups in total. The van der Waals surface area contributed by atoms with Gasteiger partial charge in [0.15, 0.2) is 9.84 Å². The average Bonchev–Trinajstić information content (AvgIpc) is 2.54. The van der Waals surface area contributed by atoms with Gasteiger partial charge in [-0.3, -0.25) is 0 Å². The Morgan fingerprint density at radius 2 is 2.00 bits per heavy atom. The van der Waals surface area contributed by atoms with E-state index in [2.05, 4.69) is 26.0 Å². The van der Waals surface area contributed by atoms with Gasteiger partial charge in [-0.25, -0.2) is 8.42 Å². The van der Waals surface area contributed by atoms with Crippen molar-refractivity contribution in [2.75, 3.05) is 16.8 Å². The quantitative estimate of drug-likeness (QED) is 0.825. The second-order valence-corrected chi connectivity index (χ2v) is 7.60. The summed E-state index contributed by atoms with van der Waals surface area (Å²) in [5, 5.41) is 12.4. The summed E-state index contributed by atoms with van der Waals surface area (Å²) < 4.78 is 63.0. The smallest absolute Gasteiger partial charge is 0.405 e. The number of nitrogens with one attached hydrogen (secondary N) is 1. The molecule has 5 nitrogen and oxygen atoms in total. The Morgan fingerprint density at radius 1 is 1.33 bits per heavy atom. The third-order valence-electron chi connectivity index (χ3n) is 2.83. The number of ether oxygens (including phenoxy) is 1. The van der Waals surface area contributed by atoms with E-state index in [-0.39, 0.29) is 16.0 Å². The SMILES string of the molecule is O=S1(=O)CC(O)C(Nc2ccc(OC(F)(F)F)c(Br)c2)C1. The van der Waals surface area contributed by atoms with E-state index in [9.17, 15) is 26.7 Å². The van der Waals surface area contributed by atoms with Crippen LogP contribution >= 0.6 is 15.9 Å². The molecule has 21 heavy (non-hydrogen) atoms. The van der Waals surface area contributed by atoms with E-state index in [1.165, 1.54) is 12.1 Å². The van der Waals surface area contributed by atoms with Gasteiger partial charge in [0.25, 0.3) is 0 Å². The van der Waals surface area contributed by atoms with E-state index >= 15 is 0 Å². The number of aliphatic hydroxyl groups is 1. The molecule has 1 aliphatic rings. The van der Waals surface area contributed by atoms with Crippen LogP contribution in [0.15, 0.2) is 22.7 Å². The van der Waals surface area contributed by atoms with Crippen LogP contribution in [0.5, 0.6) is 5.75 Å². The summed E-state index contributed by atoms with van der Waals surface area (Å²) >= 11 is 2.94. The van der Waals surface area contributed by atoms with Crippen LogP contribution in [-0.2, 0) is 9.84 Å². The Balaban J connectivity index is 2.11. The molecule has 0 spiro atoms. The van der Waals surface area contributed by atoms with Crippen molar-refractivity contribution in [3.63, 3.8) is 0 Å². The number of hydrogen-bond acceptors (Lipinski definition) is 5. The number of hydrogen-bond donors (Lipinski definition) is 2. The van der Waals surface area contributed by atoms with E-state index in [1.54, 1.807) is 0 Å². The fourth-order valence-corrected chi connectivity index (χ4v) is 4.18. The number of alkyl halides is 3. The van der Waals surface area contributed by atoms with Gasteiger partial charge >= 0.3 is 6.36 Å². The molecule has 1 fully saturated rings. The Labute approximate surface area is 127 Å². The summed E-state index contributed by atoms with van der Waals surface area (Å²) in [4.78, 5) is 0. The number of anilines is 1. The lowest BCUT2D eigenvalue weighted by Gasteiger charge is -2.17. The standard InChI is InChI=1S/C11H11BrF3NO4S/c12-7-3-6(1-2-10(7)20-11(13,14)15)16-8-4-21(18,19)5-9(8)17/h1-3,8-9,16-17H,4-5H2. The van der Waals surface area contributed by atoms with Crippen LogP contribution in [-0.4, -0.2) is 43.5 Å². The molecular weight excluding hydrogens is 379 g/mol. The lowest BCUT2D eigenvalue weighted by molar-refractivity contribution is -0.274. The molecule has 0 aliphatic carbocycles. The van der Waals surface area contributed by atoms with Gasteiger partial charge in [-0.2, -0.15) is 0 Å². The molecule has 118 valence electrons. The predicted octanol–water partition coefficient (Wildman–Crippen LogP) is 1.92. The normalized spacial score (nSPS) is 24.8. The molecule has 1 aromatic carbocycles. The molecule has 1 aromatic rings. The lowest BCUT2D eigenvalue weighted by Crippen LogP contribution is -2.31. The molecule has 10 heteroatoms. The molecule has 0 aromatic heterocycles. The first-order chi connectivity index (χ1) is 9.56. The Hall–Kier alpha value is -1.00. The van der Waals surface area contributed by atoms with Crippen LogP contribution in [0.25, 0.3) is 0 Å². The lowest BCUT2D eigenvalue weighted by atomic mass is 10.2. The van der Waals surface area contributed by atoms with Gasteiger partial charge in [0.05, 0.1) is 28.1 Å². The zero-order valence-corrected chi connectivity index (χ0v) is 12.8. The van der Waals surface area contributed by atoms with Crippen molar-refractivity contribution in [3.05, 3.63) is 22.7 Å². The number of sulfone groups is 1. The van der Waals surface area contributed by atoms with E-state index in [1.807, 2.05) is 0 Å². The van der Waals surface area contributed by atoms with Gasteiger partial charge in [-0.15, -0.1) is 13.2 Å². The van der Waals surface area contributed by atoms with Gasteiger partial charge in [0, 0.05) is 5.69 Å². The maximum absolute atomic E-state index is 12.1. The van der Waals surface area contributed by atoms with Crippen LogP contribution in [0.4, 0.5) is 18.9 Å². The molecule has 0 amide bonds. The number of aliphatic hydroxyl groups excluding tert-OH is 1. The zero-order valence-electron chi connectivity index (χ0n) is 10.4. The summed E-state index contributed by atoms with van der Waals surface area (Å²) in [6.07, 6.45) is -5.85. The Morgan fingerprint density at radius 3 is 2.48 bits per heavy atom. The monoisotopic (exact) mass is 389 g/mol. The third kappa shape index (κ3) is 4.48. The van der Waals surface area contributed by atoms with Gasteiger partial charge in [-0.05, 0) is 34.1 Å². The highest BCUT2D eigenvalue weighted by Gasteiger charge is 2.36. The number of halogens is 4. The van der Waals surface area contributed by atoms with E-state index in [4.69, 9.17) is 0 Å². The van der Waals surface area contributed by atoms with Crippen molar-refractivity contribution in [2.24, 2.45) is 0 Å². The molecule has 2 atom stereocenters. The predicted molar refractivity (Wildman–Crippen MR) is 72.9 cm³/mol. The number of benzene rings is 1. The van der Waals surface area contributed by atoms with Gasteiger partial charge in [0.2, 0.25) is 0 Å². The van der Waals surface area contributed by atoms with Gasteiger partial charge in [0.1, 0.15) is 5.75 Å². The first-order valence-electron chi connectivity index (χ1n) is 5.76. The molecule has 0 bridgehead atoms. The van der Waals surface area contributed by atoms with Gasteiger partial charge < -0.3 is 15.2 Å². The molecule has 1 aliphatic heterocycles. The van der Waals surface area contributed by atoms with Crippen molar-refractivity contribution in [2.45, 2.75) is 18.5 Å². The van der Waals surface area contributed by atoms with Crippen LogP contribution in [0.3, 0.4) is 0 Å². The molecule has 0 radical (unpaired) electrons. The maximum Gasteiger partial charge on any atom is 0.573 e. The Bertz CT molecular complexity index is 635. The largest absolute Gasteiger partial charge is 0.573 e. The molecule has 0 saturated carbocycles. The van der Waals surface area contributed by atoms with Crippen LogP contribution in [0, 0.1) is 0 Å². The van der Waals surface area contributed by atoms with Crippen molar-refractivity contribution in [3.8, 4) is 5.75 Å². The summed E-state index contributed by atoms with van der Waals surface area (Å²) in [5.41, 5.74) is 0.373. The van der Waals surface area contributed by atoms with Crippen LogP contribution in [0.1, 0.15) is 0 Å². The first-order valence-corrected chi connectivity index (χ1v) is 8.37. The second kappa shape index (κ2) is 5.65. The summed E-state index contributed by atoms with van der Waals surface area (Å²) in [7, 11) is -3.30. The average molecular weight is 390 g/mol. The van der Waals surface area contributed by atoms with E-state index < -0.39 is 34.1 Å². The van der Waals surface area contributed by atoms with Crippen molar-refractivity contribution >= 4 is 31.5 Å². The molecule has 2 rings (SSSR count). The highest BCUT2D eigenvalue weighted by atomic mass is 79.9. The summed E-state index contributed by atoms with van der Waals surface area (Å²) in [5.74, 6) is -0.971. The molecular formula is C11H11BrF3NO4S. The highest BCUT2D eigenvalue weighted by molar-refractivity contribution is 9.10. The fraction of sp³-hybridized carbons (Fsp3) is 0.455. The topological polar surface area (TPSA) is 75.6 Å². The van der Waals surface area contributed by atoms with Crippen LogP contribution in [0.2, 0.25) is 0 Å². The summed E-state index contributed by atoms with van der Waals surface area (Å²) in [6.45, 7) is 0.